The highest BCUT2D eigenvalue weighted by Gasteiger charge is 2.43. The molecule has 17 heavy (non-hydrogen) atoms. The molecular weight excluding hydrogens is 228 g/mol. The van der Waals surface area contributed by atoms with E-state index in [0.29, 0.717) is 6.04 Å². The van der Waals surface area contributed by atoms with E-state index in [0.717, 1.165) is 23.4 Å². The molecule has 1 saturated carbocycles. The molecular formula is C14H26N2S. The van der Waals surface area contributed by atoms with E-state index < -0.39 is 0 Å². The Morgan fingerprint density at radius 2 is 1.41 bits per heavy atom. The Morgan fingerprint density at radius 1 is 0.882 bits per heavy atom. The third-order valence-electron chi connectivity index (χ3n) is 5.22. The molecule has 3 fully saturated rings. The lowest BCUT2D eigenvalue weighted by molar-refractivity contribution is 0.0587. The molecule has 0 amide bonds. The van der Waals surface area contributed by atoms with Crippen LogP contribution in [0.2, 0.25) is 0 Å². The van der Waals surface area contributed by atoms with Crippen molar-refractivity contribution in [1.82, 2.24) is 4.90 Å². The largest absolute Gasteiger partial charge is 0.328 e. The molecule has 1 aliphatic carbocycles. The maximum atomic E-state index is 6.16. The Labute approximate surface area is 110 Å². The van der Waals surface area contributed by atoms with Gasteiger partial charge in [-0.05, 0) is 57.6 Å². The van der Waals surface area contributed by atoms with Crippen LogP contribution in [0.1, 0.15) is 51.4 Å². The predicted octanol–water partition coefficient (Wildman–Crippen LogP) is 2.61. The zero-order valence-corrected chi connectivity index (χ0v) is 11.8. The second-order valence-corrected chi connectivity index (χ2v) is 7.37. The van der Waals surface area contributed by atoms with Crippen molar-refractivity contribution in [2.45, 2.75) is 80.8 Å². The molecule has 2 unspecified atom stereocenters. The lowest BCUT2D eigenvalue weighted by Crippen LogP contribution is -2.52. The van der Waals surface area contributed by atoms with Gasteiger partial charge in [-0.25, -0.2) is 0 Å². The molecule has 0 aromatic carbocycles. The third kappa shape index (κ3) is 2.39. The van der Waals surface area contributed by atoms with Crippen LogP contribution in [0.5, 0.6) is 0 Å². The van der Waals surface area contributed by atoms with E-state index in [9.17, 15) is 0 Å². The summed E-state index contributed by atoms with van der Waals surface area (Å²) in [6.07, 6.45) is 13.4. The normalized spacial score (nSPS) is 47.3. The number of nitrogens with zero attached hydrogens (tertiary/aromatic N) is 1. The van der Waals surface area contributed by atoms with Crippen LogP contribution in [0.3, 0.4) is 0 Å². The number of hydrogen-bond donors (Lipinski definition) is 1. The van der Waals surface area contributed by atoms with Crippen LogP contribution in [0.25, 0.3) is 0 Å². The molecule has 0 radical (unpaired) electrons. The molecule has 98 valence electrons. The van der Waals surface area contributed by atoms with E-state index >= 15 is 0 Å². The van der Waals surface area contributed by atoms with Crippen LogP contribution < -0.4 is 5.73 Å². The van der Waals surface area contributed by atoms with E-state index in [1.807, 2.05) is 0 Å². The van der Waals surface area contributed by atoms with Gasteiger partial charge in [0.15, 0.2) is 0 Å². The van der Waals surface area contributed by atoms with Crippen LogP contribution in [-0.2, 0) is 0 Å². The molecule has 3 aliphatic rings. The van der Waals surface area contributed by atoms with Crippen molar-refractivity contribution in [2.75, 3.05) is 6.26 Å². The van der Waals surface area contributed by atoms with E-state index in [-0.39, 0.29) is 0 Å². The van der Waals surface area contributed by atoms with Gasteiger partial charge in [-0.1, -0.05) is 0 Å². The quantitative estimate of drug-likeness (QED) is 0.821. The van der Waals surface area contributed by atoms with E-state index in [1.165, 1.54) is 51.4 Å². The van der Waals surface area contributed by atoms with E-state index in [2.05, 4.69) is 22.9 Å². The van der Waals surface area contributed by atoms with Crippen molar-refractivity contribution in [3.63, 3.8) is 0 Å². The SMILES string of the molecule is CSC1CCC(N2C3CCC2CC(N)C3)CC1. The standard InChI is InChI=1S/C14H26N2S/c1-17-14-6-4-11(5-7-14)16-12-2-3-13(16)9-10(15)8-12/h10-14H,2-9,15H2,1H3. The number of rotatable bonds is 2. The minimum absolute atomic E-state index is 0.492. The van der Waals surface area contributed by atoms with Gasteiger partial charge in [0.05, 0.1) is 0 Å². The predicted molar refractivity (Wildman–Crippen MR) is 75.4 cm³/mol. The van der Waals surface area contributed by atoms with Crippen molar-refractivity contribution >= 4 is 11.8 Å². The minimum Gasteiger partial charge on any atom is -0.328 e. The lowest BCUT2D eigenvalue weighted by Gasteiger charge is -2.45. The molecule has 0 aromatic rings. The summed E-state index contributed by atoms with van der Waals surface area (Å²) in [5.41, 5.74) is 6.16. The molecule has 2 bridgehead atoms. The molecule has 2 heterocycles. The Hall–Kier alpha value is 0.270. The van der Waals surface area contributed by atoms with Gasteiger partial charge in [0, 0.05) is 29.4 Å². The van der Waals surface area contributed by atoms with Crippen LogP contribution in [-0.4, -0.2) is 40.6 Å². The van der Waals surface area contributed by atoms with Crippen molar-refractivity contribution in [3.05, 3.63) is 0 Å². The molecule has 2 nitrogen and oxygen atoms in total. The molecule has 2 N–H and O–H groups in total. The van der Waals surface area contributed by atoms with Crippen LogP contribution >= 0.6 is 11.8 Å². The molecule has 2 saturated heterocycles. The Bertz CT molecular complexity index is 249. The molecule has 2 atom stereocenters. The van der Waals surface area contributed by atoms with Gasteiger partial charge < -0.3 is 5.73 Å². The first-order valence-corrected chi connectivity index (χ1v) is 8.62. The maximum Gasteiger partial charge on any atom is 0.0116 e. The zero-order chi connectivity index (χ0) is 11.8. The average molecular weight is 254 g/mol. The number of thioether (sulfide) groups is 1. The van der Waals surface area contributed by atoms with Crippen molar-refractivity contribution in [1.29, 1.82) is 0 Å². The maximum absolute atomic E-state index is 6.16. The van der Waals surface area contributed by atoms with Gasteiger partial charge >= 0.3 is 0 Å². The van der Waals surface area contributed by atoms with Gasteiger partial charge in [-0.2, -0.15) is 11.8 Å². The molecule has 3 rings (SSSR count). The summed E-state index contributed by atoms with van der Waals surface area (Å²) in [6, 6.07) is 3.05. The Kier molecular flexibility index (Phi) is 3.69. The first-order chi connectivity index (χ1) is 8.28. The first-order valence-electron chi connectivity index (χ1n) is 7.33. The minimum atomic E-state index is 0.492. The first kappa shape index (κ1) is 12.3. The van der Waals surface area contributed by atoms with Crippen LogP contribution in [0, 0.1) is 0 Å². The van der Waals surface area contributed by atoms with E-state index in [1.54, 1.807) is 0 Å². The van der Waals surface area contributed by atoms with Crippen LogP contribution in [0.15, 0.2) is 0 Å². The number of nitrogens with two attached hydrogens (primary N) is 1. The highest BCUT2D eigenvalue weighted by Crippen LogP contribution is 2.41. The van der Waals surface area contributed by atoms with Crippen molar-refractivity contribution in [2.24, 2.45) is 5.73 Å². The highest BCUT2D eigenvalue weighted by molar-refractivity contribution is 7.99. The smallest absolute Gasteiger partial charge is 0.0116 e. The summed E-state index contributed by atoms with van der Waals surface area (Å²) >= 11 is 2.07. The van der Waals surface area contributed by atoms with Gasteiger partial charge in [-0.15, -0.1) is 0 Å². The second kappa shape index (κ2) is 5.10. The summed E-state index contributed by atoms with van der Waals surface area (Å²) in [4.78, 5) is 2.89. The summed E-state index contributed by atoms with van der Waals surface area (Å²) in [7, 11) is 0. The Balaban J connectivity index is 1.62. The lowest BCUT2D eigenvalue weighted by atomic mass is 9.89. The fraction of sp³-hybridized carbons (Fsp3) is 1.00. The van der Waals surface area contributed by atoms with Gasteiger partial charge in [0.25, 0.3) is 0 Å². The molecule has 0 aromatic heterocycles. The van der Waals surface area contributed by atoms with Crippen molar-refractivity contribution in [3.8, 4) is 0 Å². The summed E-state index contributed by atoms with van der Waals surface area (Å²) in [6.45, 7) is 0. The molecule has 0 spiro atoms. The van der Waals surface area contributed by atoms with Crippen molar-refractivity contribution < 1.29 is 0 Å². The summed E-state index contributed by atoms with van der Waals surface area (Å²) in [5.74, 6) is 0. The van der Waals surface area contributed by atoms with Gasteiger partial charge in [0.1, 0.15) is 0 Å². The topological polar surface area (TPSA) is 29.3 Å². The third-order valence-corrected chi connectivity index (χ3v) is 6.36. The zero-order valence-electron chi connectivity index (χ0n) is 11.0. The summed E-state index contributed by atoms with van der Waals surface area (Å²) in [5, 5.41) is 0.941. The number of hydrogen-bond acceptors (Lipinski definition) is 3. The molecule has 3 heteroatoms. The number of fused-ring (bicyclic) bond motifs is 2. The second-order valence-electron chi connectivity index (χ2n) is 6.23. The van der Waals surface area contributed by atoms with Gasteiger partial charge in [-0.3, -0.25) is 4.90 Å². The molecule has 2 aliphatic heterocycles. The Morgan fingerprint density at radius 3 is 1.94 bits per heavy atom. The fourth-order valence-corrected chi connectivity index (χ4v) is 5.17. The highest BCUT2D eigenvalue weighted by atomic mass is 32.2. The van der Waals surface area contributed by atoms with E-state index in [4.69, 9.17) is 5.73 Å². The van der Waals surface area contributed by atoms with Crippen LogP contribution in [0.4, 0.5) is 0 Å². The monoisotopic (exact) mass is 254 g/mol. The fourth-order valence-electron chi connectivity index (χ4n) is 4.43. The average Bonchev–Trinajstić information content (AvgIpc) is 2.62. The van der Waals surface area contributed by atoms with Gasteiger partial charge in [0.2, 0.25) is 0 Å². The number of piperidine rings is 1. The summed E-state index contributed by atoms with van der Waals surface area (Å²) < 4.78 is 0.